The van der Waals surface area contributed by atoms with Gasteiger partial charge in [0, 0.05) is 6.04 Å². The van der Waals surface area contributed by atoms with Crippen LogP contribution in [0.15, 0.2) is 28.8 Å². The van der Waals surface area contributed by atoms with E-state index in [0.29, 0.717) is 11.5 Å². The van der Waals surface area contributed by atoms with Crippen LogP contribution in [0, 0.1) is 13.8 Å². The van der Waals surface area contributed by atoms with Gasteiger partial charge in [-0.3, -0.25) is 4.79 Å². The van der Waals surface area contributed by atoms with Gasteiger partial charge in [-0.05, 0) is 46.8 Å². The topological polar surface area (TPSA) is 90.7 Å². The normalized spacial score (nSPS) is 11.9. The maximum Gasteiger partial charge on any atom is 0.342 e. The molecule has 1 aromatic heterocycles. The lowest BCUT2D eigenvalue weighted by Gasteiger charge is -2.16. The molecule has 26 heavy (non-hydrogen) atoms. The highest BCUT2D eigenvalue weighted by Gasteiger charge is 2.22. The third-order valence-electron chi connectivity index (χ3n) is 3.74. The zero-order chi connectivity index (χ0) is 19.3. The number of benzene rings is 1. The van der Waals surface area contributed by atoms with E-state index >= 15 is 0 Å². The summed E-state index contributed by atoms with van der Waals surface area (Å²) in [6.45, 7) is 9.05. The number of esters is 1. The van der Waals surface area contributed by atoms with E-state index in [2.05, 4.69) is 10.5 Å². The lowest BCUT2D eigenvalue weighted by atomic mass is 10.2. The monoisotopic (exact) mass is 360 g/mol. The molecule has 7 heteroatoms. The quantitative estimate of drug-likeness (QED) is 0.764. The third-order valence-corrected chi connectivity index (χ3v) is 3.74. The van der Waals surface area contributed by atoms with Gasteiger partial charge < -0.3 is 19.3 Å². The van der Waals surface area contributed by atoms with Crippen molar-refractivity contribution in [3.63, 3.8) is 0 Å². The number of nitrogens with zero attached hydrogens (tertiary/aromatic N) is 1. The van der Waals surface area contributed by atoms with Gasteiger partial charge >= 0.3 is 5.97 Å². The third kappa shape index (κ3) is 4.84. The van der Waals surface area contributed by atoms with Gasteiger partial charge in [-0.25, -0.2) is 4.79 Å². The van der Waals surface area contributed by atoms with E-state index in [1.54, 1.807) is 31.2 Å². The Balaban J connectivity index is 2.08. The highest BCUT2D eigenvalue weighted by molar-refractivity contribution is 5.94. The Bertz CT molecular complexity index is 762. The maximum atomic E-state index is 12.4. The molecule has 0 radical (unpaired) electrons. The van der Waals surface area contributed by atoms with Crippen molar-refractivity contribution in [2.75, 3.05) is 0 Å². The molecule has 1 aromatic carbocycles. The molecule has 2 aromatic rings. The van der Waals surface area contributed by atoms with Crippen molar-refractivity contribution in [3.05, 3.63) is 46.8 Å². The number of amides is 1. The average molecular weight is 360 g/mol. The number of aryl methyl sites for hydroxylation is 2. The van der Waals surface area contributed by atoms with Gasteiger partial charge in [-0.1, -0.05) is 17.3 Å². The van der Waals surface area contributed by atoms with E-state index in [1.807, 2.05) is 20.8 Å². The average Bonchev–Trinajstić information content (AvgIpc) is 2.90. The highest BCUT2D eigenvalue weighted by Crippen LogP contribution is 2.22. The van der Waals surface area contributed by atoms with Crippen LogP contribution in [-0.2, 0) is 16.1 Å². The SMILES string of the molecule is Cc1noc(C)c1COc1ccccc1C(=O)OC(C)C(=O)NC(C)C. The standard InChI is InChI=1S/C19H24N2O5/c1-11(2)20-18(22)14(5)25-19(23)15-8-6-7-9-17(15)24-10-16-12(3)21-26-13(16)4/h6-9,11,14H,10H2,1-5H3,(H,20,22). The van der Waals surface area contributed by atoms with Crippen LogP contribution in [-0.4, -0.2) is 29.2 Å². The van der Waals surface area contributed by atoms with Gasteiger partial charge in [0.2, 0.25) is 0 Å². The van der Waals surface area contributed by atoms with Crippen LogP contribution < -0.4 is 10.1 Å². The molecule has 0 aliphatic heterocycles. The van der Waals surface area contributed by atoms with Crippen molar-refractivity contribution in [3.8, 4) is 5.75 Å². The minimum Gasteiger partial charge on any atom is -0.488 e. The van der Waals surface area contributed by atoms with E-state index < -0.39 is 12.1 Å². The summed E-state index contributed by atoms with van der Waals surface area (Å²) in [5, 5.41) is 6.58. The van der Waals surface area contributed by atoms with Gasteiger partial charge in [-0.15, -0.1) is 0 Å². The fourth-order valence-electron chi connectivity index (χ4n) is 2.30. The molecule has 0 saturated carbocycles. The number of carbonyl (C=O) groups excluding carboxylic acids is 2. The molecule has 0 bridgehead atoms. The van der Waals surface area contributed by atoms with Crippen LogP contribution in [0.1, 0.15) is 48.1 Å². The van der Waals surface area contributed by atoms with Crippen molar-refractivity contribution in [2.24, 2.45) is 0 Å². The molecule has 1 heterocycles. The number of carbonyl (C=O) groups is 2. The van der Waals surface area contributed by atoms with Gasteiger partial charge in [0.15, 0.2) is 6.10 Å². The molecule has 0 spiro atoms. The molecule has 1 atom stereocenters. The minimum atomic E-state index is -0.902. The molecule has 0 aliphatic carbocycles. The number of hydrogen-bond donors (Lipinski definition) is 1. The maximum absolute atomic E-state index is 12.4. The molecular formula is C19H24N2O5. The molecule has 7 nitrogen and oxygen atoms in total. The summed E-state index contributed by atoms with van der Waals surface area (Å²) >= 11 is 0. The van der Waals surface area contributed by atoms with Crippen molar-refractivity contribution in [1.82, 2.24) is 10.5 Å². The summed E-state index contributed by atoms with van der Waals surface area (Å²) in [6, 6.07) is 6.70. The summed E-state index contributed by atoms with van der Waals surface area (Å²) in [4.78, 5) is 24.4. The molecule has 1 amide bonds. The lowest BCUT2D eigenvalue weighted by Crippen LogP contribution is -2.39. The second-order valence-electron chi connectivity index (χ2n) is 6.30. The van der Waals surface area contributed by atoms with E-state index in [0.717, 1.165) is 11.3 Å². The van der Waals surface area contributed by atoms with E-state index in [1.165, 1.54) is 6.92 Å². The van der Waals surface area contributed by atoms with Gasteiger partial charge in [-0.2, -0.15) is 0 Å². The predicted molar refractivity (Wildman–Crippen MR) is 94.9 cm³/mol. The highest BCUT2D eigenvalue weighted by atomic mass is 16.5. The largest absolute Gasteiger partial charge is 0.488 e. The van der Waals surface area contributed by atoms with Crippen LogP contribution in [0.4, 0.5) is 0 Å². The first-order chi connectivity index (χ1) is 12.3. The molecular weight excluding hydrogens is 336 g/mol. The summed E-state index contributed by atoms with van der Waals surface area (Å²) < 4.78 is 16.1. The minimum absolute atomic E-state index is 0.0330. The molecule has 0 fully saturated rings. The first-order valence-corrected chi connectivity index (χ1v) is 8.44. The molecule has 0 aliphatic rings. The lowest BCUT2D eigenvalue weighted by molar-refractivity contribution is -0.129. The smallest absolute Gasteiger partial charge is 0.342 e. The molecule has 140 valence electrons. The van der Waals surface area contributed by atoms with Gasteiger partial charge in [0.25, 0.3) is 5.91 Å². The van der Waals surface area contributed by atoms with E-state index in [-0.39, 0.29) is 24.1 Å². The second kappa shape index (κ2) is 8.51. The van der Waals surface area contributed by atoms with Crippen LogP contribution in [0.5, 0.6) is 5.75 Å². The number of nitrogens with one attached hydrogen (secondary N) is 1. The Hall–Kier alpha value is -2.83. The van der Waals surface area contributed by atoms with Gasteiger partial charge in [0.1, 0.15) is 23.7 Å². The first kappa shape index (κ1) is 19.5. The Morgan fingerprint density at radius 2 is 1.88 bits per heavy atom. The van der Waals surface area contributed by atoms with Crippen molar-refractivity contribution < 1.29 is 23.6 Å². The summed E-state index contributed by atoms with van der Waals surface area (Å²) in [5.74, 6) is 0.0729. The summed E-state index contributed by atoms with van der Waals surface area (Å²) in [6.07, 6.45) is -0.902. The molecule has 0 saturated heterocycles. The van der Waals surface area contributed by atoms with Crippen molar-refractivity contribution in [1.29, 1.82) is 0 Å². The van der Waals surface area contributed by atoms with Crippen LogP contribution in [0.25, 0.3) is 0 Å². The van der Waals surface area contributed by atoms with Crippen LogP contribution in [0.2, 0.25) is 0 Å². The Morgan fingerprint density at radius 1 is 1.19 bits per heavy atom. The Labute approximate surface area is 152 Å². The zero-order valence-electron chi connectivity index (χ0n) is 15.7. The summed E-state index contributed by atoms with van der Waals surface area (Å²) in [7, 11) is 0. The Kier molecular flexibility index (Phi) is 6.38. The van der Waals surface area contributed by atoms with E-state index in [9.17, 15) is 9.59 Å². The van der Waals surface area contributed by atoms with Gasteiger partial charge in [0.05, 0.1) is 11.3 Å². The van der Waals surface area contributed by atoms with Crippen LogP contribution >= 0.6 is 0 Å². The number of para-hydroxylation sites is 1. The molecule has 1 unspecified atom stereocenters. The number of ether oxygens (including phenoxy) is 2. The number of hydrogen-bond acceptors (Lipinski definition) is 6. The zero-order valence-corrected chi connectivity index (χ0v) is 15.7. The first-order valence-electron chi connectivity index (χ1n) is 8.44. The Morgan fingerprint density at radius 3 is 2.50 bits per heavy atom. The molecule has 2 rings (SSSR count). The fraction of sp³-hybridized carbons (Fsp3) is 0.421. The van der Waals surface area contributed by atoms with Crippen molar-refractivity contribution in [2.45, 2.75) is 53.4 Å². The second-order valence-corrected chi connectivity index (χ2v) is 6.30. The van der Waals surface area contributed by atoms with Crippen molar-refractivity contribution >= 4 is 11.9 Å². The summed E-state index contributed by atoms with van der Waals surface area (Å²) in [5.41, 5.74) is 1.82. The van der Waals surface area contributed by atoms with E-state index in [4.69, 9.17) is 14.0 Å². The van der Waals surface area contributed by atoms with Crippen LogP contribution in [0.3, 0.4) is 0 Å². The number of rotatable bonds is 7. The number of aromatic nitrogens is 1. The fourth-order valence-corrected chi connectivity index (χ4v) is 2.30. The predicted octanol–water partition coefficient (Wildman–Crippen LogP) is 2.94. The molecule has 1 N–H and O–H groups in total.